The quantitative estimate of drug-likeness (QED) is 0.520. The van der Waals surface area contributed by atoms with E-state index in [9.17, 15) is 0 Å². The molecular formula is C5H4BrClN2. The molecule has 1 rings (SSSR count). The van der Waals surface area contributed by atoms with Gasteiger partial charge in [-0.3, -0.25) is 0 Å². The van der Waals surface area contributed by atoms with Gasteiger partial charge in [0.15, 0.2) is 0 Å². The van der Waals surface area contributed by atoms with Crippen LogP contribution in [0.5, 0.6) is 0 Å². The fourth-order valence-corrected chi connectivity index (χ4v) is 0.863. The highest BCUT2D eigenvalue weighted by molar-refractivity contribution is 9.08. The topological polar surface area (TPSA) is 25.8 Å². The summed E-state index contributed by atoms with van der Waals surface area (Å²) in [7, 11) is 0. The zero-order chi connectivity index (χ0) is 6.69. The third kappa shape index (κ3) is 1.91. The van der Waals surface area contributed by atoms with Crippen molar-refractivity contribution in [1.29, 1.82) is 0 Å². The molecule has 0 fully saturated rings. The molecule has 0 saturated carbocycles. The van der Waals surface area contributed by atoms with Crippen LogP contribution in [-0.4, -0.2) is 9.97 Å². The summed E-state index contributed by atoms with van der Waals surface area (Å²) in [4.78, 5) is 7.81. The summed E-state index contributed by atoms with van der Waals surface area (Å²) in [5, 5.41) is 1.13. The van der Waals surface area contributed by atoms with E-state index in [4.69, 9.17) is 11.6 Å². The average Bonchev–Trinajstić information content (AvgIpc) is 1.88. The summed E-state index contributed by atoms with van der Waals surface area (Å²) < 4.78 is 0. The summed E-state index contributed by atoms with van der Waals surface area (Å²) in [6.07, 6.45) is 1.63. The molecule has 2 nitrogen and oxygen atoms in total. The molecule has 0 spiro atoms. The van der Waals surface area contributed by atoms with E-state index >= 15 is 0 Å². The van der Waals surface area contributed by atoms with Gasteiger partial charge in [-0.1, -0.05) is 27.5 Å². The van der Waals surface area contributed by atoms with Crippen LogP contribution in [0, 0.1) is 0 Å². The molecule has 0 aromatic carbocycles. The van der Waals surface area contributed by atoms with Crippen molar-refractivity contribution in [2.24, 2.45) is 0 Å². The number of hydrogen-bond acceptors (Lipinski definition) is 2. The molecule has 0 N–H and O–H groups in total. The molecule has 1 aromatic heterocycles. The maximum absolute atomic E-state index is 5.55. The molecule has 0 aliphatic heterocycles. The van der Waals surface area contributed by atoms with Gasteiger partial charge < -0.3 is 0 Å². The van der Waals surface area contributed by atoms with Crippen LogP contribution >= 0.6 is 27.5 Å². The second-order valence-electron chi connectivity index (χ2n) is 1.43. The molecule has 0 aliphatic rings. The Bertz CT molecular complexity index is 204. The maximum atomic E-state index is 5.55. The SMILES string of the molecule is Clc1ccnc(CBr)n1. The first kappa shape index (κ1) is 6.96. The molecule has 0 radical (unpaired) electrons. The fraction of sp³-hybridized carbons (Fsp3) is 0.200. The lowest BCUT2D eigenvalue weighted by Gasteiger charge is -1.90. The Kier molecular flexibility index (Phi) is 2.42. The van der Waals surface area contributed by atoms with Crippen molar-refractivity contribution in [3.8, 4) is 0 Å². The van der Waals surface area contributed by atoms with E-state index < -0.39 is 0 Å². The first-order valence-electron chi connectivity index (χ1n) is 2.36. The zero-order valence-corrected chi connectivity index (χ0v) is 6.85. The largest absolute Gasteiger partial charge is 0.240 e. The molecule has 4 heteroatoms. The van der Waals surface area contributed by atoms with Gasteiger partial charge in [-0.15, -0.1) is 0 Å². The van der Waals surface area contributed by atoms with Gasteiger partial charge in [-0.05, 0) is 6.07 Å². The standard InChI is InChI=1S/C5H4BrClN2/c6-3-5-8-2-1-4(7)9-5/h1-2H,3H2. The van der Waals surface area contributed by atoms with Gasteiger partial charge in [0, 0.05) is 6.20 Å². The lowest BCUT2D eigenvalue weighted by molar-refractivity contribution is 1.04. The number of rotatable bonds is 1. The molecule has 0 aliphatic carbocycles. The molecule has 0 amide bonds. The molecule has 1 heterocycles. The van der Waals surface area contributed by atoms with Crippen molar-refractivity contribution in [2.45, 2.75) is 5.33 Å². The highest BCUT2D eigenvalue weighted by Crippen LogP contribution is 2.03. The number of hydrogen-bond donors (Lipinski definition) is 0. The third-order valence-corrected chi connectivity index (χ3v) is 1.50. The highest BCUT2D eigenvalue weighted by atomic mass is 79.9. The van der Waals surface area contributed by atoms with Crippen LogP contribution in [0.1, 0.15) is 5.82 Å². The smallest absolute Gasteiger partial charge is 0.140 e. The van der Waals surface area contributed by atoms with Crippen molar-refractivity contribution in [3.05, 3.63) is 23.2 Å². The Morgan fingerprint density at radius 3 is 2.89 bits per heavy atom. The molecular weight excluding hydrogens is 203 g/mol. The van der Waals surface area contributed by atoms with Crippen LogP contribution in [0.4, 0.5) is 0 Å². The Hall–Kier alpha value is -0.150. The molecule has 0 atom stereocenters. The van der Waals surface area contributed by atoms with Crippen LogP contribution in [-0.2, 0) is 5.33 Å². The van der Waals surface area contributed by atoms with Crippen LogP contribution < -0.4 is 0 Å². The number of nitrogens with zero attached hydrogens (tertiary/aromatic N) is 2. The number of halogens is 2. The number of aromatic nitrogens is 2. The average molecular weight is 207 g/mol. The minimum Gasteiger partial charge on any atom is -0.240 e. The van der Waals surface area contributed by atoms with Crippen molar-refractivity contribution in [2.75, 3.05) is 0 Å². The first-order chi connectivity index (χ1) is 4.33. The monoisotopic (exact) mass is 206 g/mol. The van der Waals surface area contributed by atoms with Crippen LogP contribution in [0.25, 0.3) is 0 Å². The minimum atomic E-state index is 0.486. The summed E-state index contributed by atoms with van der Waals surface area (Å²) in [6.45, 7) is 0. The third-order valence-electron chi connectivity index (χ3n) is 0.791. The van der Waals surface area contributed by atoms with Crippen molar-refractivity contribution in [3.63, 3.8) is 0 Å². The van der Waals surface area contributed by atoms with Gasteiger partial charge in [0.1, 0.15) is 11.0 Å². The van der Waals surface area contributed by atoms with Crippen LogP contribution in [0.2, 0.25) is 5.15 Å². The van der Waals surface area contributed by atoms with E-state index in [1.807, 2.05) is 0 Å². The van der Waals surface area contributed by atoms with Gasteiger partial charge in [-0.2, -0.15) is 0 Å². The van der Waals surface area contributed by atoms with Crippen molar-refractivity contribution in [1.82, 2.24) is 9.97 Å². The van der Waals surface area contributed by atoms with E-state index in [1.54, 1.807) is 12.3 Å². The molecule has 0 saturated heterocycles. The molecule has 0 unspecified atom stereocenters. The molecule has 1 aromatic rings. The summed E-state index contributed by atoms with van der Waals surface area (Å²) in [6, 6.07) is 1.65. The first-order valence-corrected chi connectivity index (χ1v) is 3.86. The maximum Gasteiger partial charge on any atom is 0.140 e. The van der Waals surface area contributed by atoms with E-state index in [2.05, 4.69) is 25.9 Å². The van der Waals surface area contributed by atoms with E-state index in [-0.39, 0.29) is 0 Å². The number of alkyl halides is 1. The van der Waals surface area contributed by atoms with Gasteiger partial charge in [-0.25, -0.2) is 9.97 Å². The predicted molar refractivity (Wildman–Crippen MR) is 39.7 cm³/mol. The lowest BCUT2D eigenvalue weighted by Crippen LogP contribution is -1.88. The Balaban J connectivity index is 2.94. The Labute approximate surface area is 66.4 Å². The summed E-state index contributed by atoms with van der Waals surface area (Å²) in [5.41, 5.74) is 0. The molecule has 9 heavy (non-hydrogen) atoms. The molecule has 48 valence electrons. The Morgan fingerprint density at radius 1 is 1.67 bits per heavy atom. The van der Waals surface area contributed by atoms with E-state index in [0.29, 0.717) is 16.3 Å². The Morgan fingerprint density at radius 2 is 2.44 bits per heavy atom. The van der Waals surface area contributed by atoms with Gasteiger partial charge in [0.05, 0.1) is 5.33 Å². The highest BCUT2D eigenvalue weighted by Gasteiger charge is 1.91. The van der Waals surface area contributed by atoms with Gasteiger partial charge in [0.2, 0.25) is 0 Å². The fourth-order valence-electron chi connectivity index (χ4n) is 0.439. The van der Waals surface area contributed by atoms with Crippen LogP contribution in [0.15, 0.2) is 12.3 Å². The van der Waals surface area contributed by atoms with Gasteiger partial charge >= 0.3 is 0 Å². The zero-order valence-electron chi connectivity index (χ0n) is 4.51. The van der Waals surface area contributed by atoms with E-state index in [0.717, 1.165) is 0 Å². The second-order valence-corrected chi connectivity index (χ2v) is 2.38. The predicted octanol–water partition coefficient (Wildman–Crippen LogP) is 2.02. The lowest BCUT2D eigenvalue weighted by atomic mass is 10.6. The second kappa shape index (κ2) is 3.13. The van der Waals surface area contributed by atoms with Gasteiger partial charge in [0.25, 0.3) is 0 Å². The summed E-state index contributed by atoms with van der Waals surface area (Å²) in [5.74, 6) is 0.711. The van der Waals surface area contributed by atoms with E-state index in [1.165, 1.54) is 0 Å². The van der Waals surface area contributed by atoms with Crippen LogP contribution in [0.3, 0.4) is 0 Å². The van der Waals surface area contributed by atoms with Crippen molar-refractivity contribution >= 4 is 27.5 Å². The normalized spacial score (nSPS) is 9.56. The molecule has 0 bridgehead atoms. The minimum absolute atomic E-state index is 0.486. The van der Waals surface area contributed by atoms with Crippen molar-refractivity contribution < 1.29 is 0 Å². The summed E-state index contributed by atoms with van der Waals surface area (Å²) >= 11 is 8.76.